The second kappa shape index (κ2) is 20.6. The Morgan fingerprint density at radius 3 is 2.20 bits per heavy atom. The van der Waals surface area contributed by atoms with Gasteiger partial charge in [0.25, 0.3) is 0 Å². The zero-order valence-electron chi connectivity index (χ0n) is 31.8. The zero-order valence-corrected chi connectivity index (χ0v) is 31.8. The van der Waals surface area contributed by atoms with E-state index in [1.54, 1.807) is 39.4 Å². The first-order valence-corrected chi connectivity index (χ1v) is 18.0. The Morgan fingerprint density at radius 2 is 1.67 bits per heavy atom. The average molecular weight is 689 g/mol. The normalized spacial score (nSPS) is 19.1. The highest BCUT2D eigenvalue weighted by atomic mass is 16.5. The minimum absolute atomic E-state index is 0.00633. The molecule has 0 unspecified atom stereocenters. The van der Waals surface area contributed by atoms with Gasteiger partial charge in [-0.3, -0.25) is 24.2 Å². The molecule has 12 heteroatoms. The fourth-order valence-electron chi connectivity index (χ4n) is 7.07. The lowest BCUT2D eigenvalue weighted by Crippen LogP contribution is -2.59. The lowest BCUT2D eigenvalue weighted by Gasteiger charge is -2.41. The molecule has 3 N–H and O–H groups in total. The number of likely N-dealkylation sites (tertiary alicyclic amines) is 1. The van der Waals surface area contributed by atoms with Gasteiger partial charge in [0.05, 0.1) is 42.7 Å². The zero-order chi connectivity index (χ0) is 36.8. The Balaban J connectivity index is 2.20. The van der Waals surface area contributed by atoms with Gasteiger partial charge in [0.15, 0.2) is 0 Å². The predicted octanol–water partition coefficient (Wildman–Crippen LogP) is 3.05. The third kappa shape index (κ3) is 11.5. The van der Waals surface area contributed by atoms with Crippen LogP contribution in [0.3, 0.4) is 0 Å². The minimum Gasteiger partial charge on any atom is -0.379 e. The van der Waals surface area contributed by atoms with Crippen LogP contribution in [0.2, 0.25) is 0 Å². The summed E-state index contributed by atoms with van der Waals surface area (Å²) in [5, 5.41) is 9.05. The van der Waals surface area contributed by atoms with Crippen molar-refractivity contribution in [2.45, 2.75) is 117 Å². The Kier molecular flexibility index (Phi) is 17.6. The number of hydrogen-bond donors (Lipinski definition) is 3. The van der Waals surface area contributed by atoms with E-state index >= 15 is 0 Å². The quantitative estimate of drug-likeness (QED) is 0.190. The molecule has 1 aromatic heterocycles. The van der Waals surface area contributed by atoms with Crippen LogP contribution < -0.4 is 16.0 Å². The van der Waals surface area contributed by atoms with Crippen molar-refractivity contribution >= 4 is 23.6 Å². The third-order valence-electron chi connectivity index (χ3n) is 10.2. The van der Waals surface area contributed by atoms with Gasteiger partial charge in [-0.25, -0.2) is 0 Å². The molecule has 12 nitrogen and oxygen atoms in total. The number of methoxy groups -OCH3 is 2. The molecule has 0 saturated carbocycles. The summed E-state index contributed by atoms with van der Waals surface area (Å²) in [6.45, 7) is 14.7. The van der Waals surface area contributed by atoms with Crippen molar-refractivity contribution in [3.63, 3.8) is 0 Å². The van der Waals surface area contributed by atoms with Gasteiger partial charge < -0.3 is 35.2 Å². The number of hydrogen-bond acceptors (Lipinski definition) is 8. The van der Waals surface area contributed by atoms with E-state index in [9.17, 15) is 19.2 Å². The van der Waals surface area contributed by atoms with Crippen LogP contribution in [0.5, 0.6) is 0 Å². The molecule has 0 aromatic carbocycles. The number of nitrogens with one attached hydrogen (secondary N) is 3. The summed E-state index contributed by atoms with van der Waals surface area (Å²) in [6, 6.07) is 3.85. The minimum atomic E-state index is -0.742. The Bertz CT molecular complexity index is 1180. The van der Waals surface area contributed by atoms with Crippen molar-refractivity contribution in [2.75, 3.05) is 41.4 Å². The van der Waals surface area contributed by atoms with Crippen LogP contribution in [0, 0.1) is 23.7 Å². The number of nitrogens with zero attached hydrogens (tertiary/aromatic N) is 3. The molecule has 2 heterocycles. The molecule has 0 aliphatic carbocycles. The molecule has 278 valence electrons. The van der Waals surface area contributed by atoms with E-state index in [1.807, 2.05) is 57.7 Å². The van der Waals surface area contributed by atoms with Gasteiger partial charge in [-0.05, 0) is 49.8 Å². The fraction of sp³-hybridized carbons (Fsp3) is 0.757. The summed E-state index contributed by atoms with van der Waals surface area (Å²) in [6.07, 6.45) is 3.63. The number of rotatable bonds is 20. The Hall–Kier alpha value is -3.09. The molecule has 0 bridgehead atoms. The topological polar surface area (TPSA) is 142 Å². The summed E-state index contributed by atoms with van der Waals surface area (Å²) in [5.74, 6) is -1.26. The predicted molar refractivity (Wildman–Crippen MR) is 192 cm³/mol. The summed E-state index contributed by atoms with van der Waals surface area (Å²) < 4.78 is 11.9. The van der Waals surface area contributed by atoms with Crippen LogP contribution in [0.15, 0.2) is 24.4 Å². The van der Waals surface area contributed by atoms with Gasteiger partial charge in [-0.15, -0.1) is 0 Å². The number of amides is 4. The van der Waals surface area contributed by atoms with E-state index in [0.29, 0.717) is 19.5 Å². The van der Waals surface area contributed by atoms with Crippen molar-refractivity contribution in [1.29, 1.82) is 0 Å². The summed E-state index contributed by atoms with van der Waals surface area (Å²) in [4.78, 5) is 62.3. The first kappa shape index (κ1) is 42.1. The van der Waals surface area contributed by atoms with Gasteiger partial charge in [0.2, 0.25) is 23.6 Å². The monoisotopic (exact) mass is 688 g/mol. The highest BCUT2D eigenvalue weighted by molar-refractivity contribution is 5.90. The molecule has 1 saturated heterocycles. The van der Waals surface area contributed by atoms with Crippen molar-refractivity contribution < 1.29 is 28.7 Å². The number of carbonyl (C=O) groups is 4. The van der Waals surface area contributed by atoms with Gasteiger partial charge >= 0.3 is 0 Å². The van der Waals surface area contributed by atoms with E-state index in [1.165, 1.54) is 0 Å². The maximum atomic E-state index is 14.1. The molecule has 4 amide bonds. The SMILES string of the molecule is CC[C@H](C)[C@@H]([C@@H](CC(=O)N1CCC[C@H]1[C@H](OC)[C@@H](C)C(=O)NCCc1ccccn1)OC)N(C)C(=O)[C@@H](NC(=O)[C@@H](NC)C(C)C)C(C)C. The van der Waals surface area contributed by atoms with Gasteiger partial charge in [-0.1, -0.05) is 61.0 Å². The van der Waals surface area contributed by atoms with Crippen LogP contribution in [0.4, 0.5) is 0 Å². The van der Waals surface area contributed by atoms with E-state index in [2.05, 4.69) is 34.8 Å². The Labute approximate surface area is 294 Å². The molecule has 1 aliphatic heterocycles. The molecule has 8 atom stereocenters. The average Bonchev–Trinajstić information content (AvgIpc) is 3.56. The van der Waals surface area contributed by atoms with Crippen LogP contribution in [0.25, 0.3) is 0 Å². The molecular weight excluding hydrogens is 624 g/mol. The smallest absolute Gasteiger partial charge is 0.245 e. The highest BCUT2D eigenvalue weighted by Crippen LogP contribution is 2.29. The van der Waals surface area contributed by atoms with Crippen molar-refractivity contribution in [2.24, 2.45) is 23.7 Å². The maximum absolute atomic E-state index is 14.1. The third-order valence-corrected chi connectivity index (χ3v) is 10.2. The second-order valence-corrected chi connectivity index (χ2v) is 14.2. The number of aromatic nitrogens is 1. The number of carbonyl (C=O) groups excluding carboxylic acids is 4. The molecular formula is C37H64N6O6. The fourth-order valence-corrected chi connectivity index (χ4v) is 7.07. The molecule has 1 fully saturated rings. The summed E-state index contributed by atoms with van der Waals surface area (Å²) in [5.41, 5.74) is 0.903. The summed E-state index contributed by atoms with van der Waals surface area (Å²) >= 11 is 0. The number of pyridine rings is 1. The lowest BCUT2D eigenvalue weighted by atomic mass is 9.89. The van der Waals surface area contributed by atoms with Crippen molar-refractivity contribution in [3.05, 3.63) is 30.1 Å². The van der Waals surface area contributed by atoms with Gasteiger partial charge in [-0.2, -0.15) is 0 Å². The summed E-state index contributed by atoms with van der Waals surface area (Å²) in [7, 11) is 6.64. The Morgan fingerprint density at radius 1 is 1.00 bits per heavy atom. The van der Waals surface area contributed by atoms with Gasteiger partial charge in [0, 0.05) is 52.7 Å². The largest absolute Gasteiger partial charge is 0.379 e. The standard InChI is InChI=1S/C37H64N6O6/c1-12-25(6)33(42(9)37(47)32(24(4)5)41-36(46)31(38-8)23(2)3)29(48-10)22-30(44)43-21-15-17-28(43)34(49-11)26(7)35(45)40-20-18-27-16-13-14-19-39-27/h13-14,16,19,23-26,28-29,31-34,38H,12,15,17-18,20-22H2,1-11H3,(H,40,45)(H,41,46)/t25-,26+,28-,29+,31-,32-,33-,34+/m0/s1. The van der Waals surface area contributed by atoms with Gasteiger partial charge in [0.1, 0.15) is 6.04 Å². The maximum Gasteiger partial charge on any atom is 0.245 e. The van der Waals surface area contributed by atoms with Crippen LogP contribution in [0.1, 0.15) is 79.8 Å². The van der Waals surface area contributed by atoms with Crippen LogP contribution in [-0.2, 0) is 35.1 Å². The first-order valence-electron chi connectivity index (χ1n) is 18.0. The molecule has 1 aliphatic rings. The van der Waals surface area contributed by atoms with E-state index < -0.39 is 36.3 Å². The van der Waals surface area contributed by atoms with Crippen molar-refractivity contribution in [1.82, 2.24) is 30.7 Å². The molecule has 0 radical (unpaired) electrons. The number of ether oxygens (including phenoxy) is 2. The van der Waals surface area contributed by atoms with E-state index in [-0.39, 0.29) is 53.8 Å². The van der Waals surface area contributed by atoms with Crippen molar-refractivity contribution in [3.8, 4) is 0 Å². The number of likely N-dealkylation sites (N-methyl/N-ethyl adjacent to an activating group) is 2. The molecule has 2 rings (SSSR count). The second-order valence-electron chi connectivity index (χ2n) is 14.2. The van der Waals surface area contributed by atoms with E-state index in [4.69, 9.17) is 9.47 Å². The molecule has 49 heavy (non-hydrogen) atoms. The lowest BCUT2D eigenvalue weighted by molar-refractivity contribution is -0.147. The van der Waals surface area contributed by atoms with Crippen LogP contribution in [-0.4, -0.2) is 116 Å². The highest BCUT2D eigenvalue weighted by Gasteiger charge is 2.43. The van der Waals surface area contributed by atoms with Crippen LogP contribution >= 0.6 is 0 Å². The molecule has 0 spiro atoms. The van der Waals surface area contributed by atoms with E-state index in [0.717, 1.165) is 25.0 Å². The molecule has 1 aromatic rings. The first-order chi connectivity index (χ1) is 23.2.